The van der Waals surface area contributed by atoms with Crippen LogP contribution in [0.5, 0.6) is 5.75 Å². The molecule has 0 bridgehead atoms. The van der Waals surface area contributed by atoms with Crippen LogP contribution in [0.1, 0.15) is 56.6 Å². The summed E-state index contributed by atoms with van der Waals surface area (Å²) < 4.78 is 16.9. The van der Waals surface area contributed by atoms with E-state index in [4.69, 9.17) is 9.47 Å². The fourth-order valence-corrected chi connectivity index (χ4v) is 12.0. The van der Waals surface area contributed by atoms with Gasteiger partial charge in [0.1, 0.15) is 11.9 Å². The molecule has 4 heteroatoms. The predicted octanol–water partition coefficient (Wildman–Crippen LogP) is 11.0. The van der Waals surface area contributed by atoms with E-state index in [1.54, 1.807) is 0 Å². The zero-order chi connectivity index (χ0) is 36.0. The van der Waals surface area contributed by atoms with Crippen LogP contribution in [0.3, 0.4) is 0 Å². The minimum absolute atomic E-state index is 0.0545. The quantitative estimate of drug-likeness (QED) is 0.198. The molecule has 272 valence electrons. The number of ether oxygens (including phenoxy) is 2. The van der Waals surface area contributed by atoms with E-state index >= 15 is 0 Å². The number of aromatic nitrogens is 1. The van der Waals surface area contributed by atoms with Gasteiger partial charge >= 0.3 is 0 Å². The van der Waals surface area contributed by atoms with Crippen molar-refractivity contribution in [2.45, 2.75) is 69.2 Å². The maximum Gasteiger partial charge on any atom is 0.125 e. The molecule has 4 aliphatic carbocycles. The lowest BCUT2D eigenvalue weighted by atomic mass is 9.46. The molecule has 11 rings (SSSR count). The number of rotatable bonds is 3. The highest BCUT2D eigenvalue weighted by Crippen LogP contribution is 2.64. The molecule has 0 amide bonds. The van der Waals surface area contributed by atoms with Gasteiger partial charge in [-0.15, -0.1) is 0 Å². The fourth-order valence-electron chi connectivity index (χ4n) is 12.0. The molecule has 2 fully saturated rings. The Bertz CT molecular complexity index is 2380. The Morgan fingerprint density at radius 1 is 0.796 bits per heavy atom. The van der Waals surface area contributed by atoms with Gasteiger partial charge in [-0.1, -0.05) is 104 Å². The topological polar surface area (TPSA) is 26.6 Å². The molecule has 7 aliphatic rings. The van der Waals surface area contributed by atoms with Crippen molar-refractivity contribution in [3.05, 3.63) is 150 Å². The van der Waals surface area contributed by atoms with Crippen LogP contribution in [-0.2, 0) is 10.2 Å². The van der Waals surface area contributed by atoms with Crippen molar-refractivity contribution in [3.8, 4) is 5.75 Å². The highest BCUT2D eigenvalue weighted by Gasteiger charge is 2.64. The fraction of sp³-hybridized carbons (Fsp3) is 0.360. The van der Waals surface area contributed by atoms with Crippen molar-refractivity contribution in [2.75, 3.05) is 13.6 Å². The van der Waals surface area contributed by atoms with E-state index in [0.29, 0.717) is 23.7 Å². The van der Waals surface area contributed by atoms with E-state index in [9.17, 15) is 0 Å². The summed E-state index contributed by atoms with van der Waals surface area (Å²) in [6.07, 6.45) is 33.2. The number of hydrogen-bond donors (Lipinski definition) is 0. The van der Waals surface area contributed by atoms with Gasteiger partial charge in [-0.05, 0) is 97.9 Å². The first kappa shape index (κ1) is 32.6. The number of benzene rings is 3. The maximum absolute atomic E-state index is 7.30. The summed E-state index contributed by atoms with van der Waals surface area (Å²) in [7, 11) is 2.25. The zero-order valence-corrected chi connectivity index (χ0v) is 31.5. The van der Waals surface area contributed by atoms with Crippen molar-refractivity contribution in [1.29, 1.82) is 0 Å². The lowest BCUT2D eigenvalue weighted by molar-refractivity contribution is -0.187. The second kappa shape index (κ2) is 12.6. The number of likely N-dealkylation sites (N-methyl/N-ethyl adjacent to an activating group) is 1. The SMILES string of the molecule is CC1C=CC2OC3CC(C4=CC=CCN4C)CCC3C3(c4ccccc4OC4C=C(c5ccc6c7ccccc7n(C7=CCCC=C7)c6c5)C=CC43)C2C1. The zero-order valence-electron chi connectivity index (χ0n) is 31.5. The second-order valence-corrected chi connectivity index (χ2v) is 17.1. The van der Waals surface area contributed by atoms with Crippen LogP contribution in [0, 0.1) is 29.6 Å². The van der Waals surface area contributed by atoms with Crippen molar-refractivity contribution in [3.63, 3.8) is 0 Å². The molecule has 54 heavy (non-hydrogen) atoms. The van der Waals surface area contributed by atoms with E-state index in [-0.39, 0.29) is 29.6 Å². The molecule has 9 unspecified atom stereocenters. The second-order valence-electron chi connectivity index (χ2n) is 17.1. The largest absolute Gasteiger partial charge is 0.485 e. The minimum atomic E-state index is -0.0848. The van der Waals surface area contributed by atoms with E-state index in [2.05, 4.69) is 157 Å². The Morgan fingerprint density at radius 3 is 2.59 bits per heavy atom. The number of fused-ring (bicyclic) bond motifs is 11. The Morgan fingerprint density at radius 2 is 1.69 bits per heavy atom. The van der Waals surface area contributed by atoms with E-state index in [1.165, 1.54) is 62.7 Å². The monoisotopic (exact) mass is 710 g/mol. The Hall–Kier alpha value is -4.80. The lowest BCUT2D eigenvalue weighted by Gasteiger charge is -2.64. The molecule has 4 aromatic rings. The first-order valence-corrected chi connectivity index (χ1v) is 20.6. The minimum Gasteiger partial charge on any atom is -0.485 e. The number of allylic oxidation sites excluding steroid dienone is 10. The maximum atomic E-state index is 7.30. The third-order valence-electron chi connectivity index (χ3n) is 14.2. The molecule has 0 radical (unpaired) electrons. The molecule has 4 heterocycles. The molecule has 4 nitrogen and oxygen atoms in total. The molecule has 9 atom stereocenters. The first-order chi connectivity index (χ1) is 26.6. The summed E-state index contributed by atoms with van der Waals surface area (Å²) in [5.41, 5.74) is 9.10. The van der Waals surface area contributed by atoms with Crippen LogP contribution in [0.15, 0.2) is 139 Å². The number of para-hydroxylation sites is 2. The van der Waals surface area contributed by atoms with Gasteiger partial charge in [0.2, 0.25) is 0 Å². The normalized spacial score (nSPS) is 33.7. The lowest BCUT2D eigenvalue weighted by Crippen LogP contribution is -2.66. The molecule has 0 N–H and O–H groups in total. The smallest absolute Gasteiger partial charge is 0.125 e. The third kappa shape index (κ3) is 4.85. The molecular formula is C50H50N2O2. The van der Waals surface area contributed by atoms with Crippen molar-refractivity contribution in [2.24, 2.45) is 29.6 Å². The van der Waals surface area contributed by atoms with Crippen molar-refractivity contribution >= 4 is 33.1 Å². The van der Waals surface area contributed by atoms with Gasteiger partial charge in [0, 0.05) is 64.5 Å². The van der Waals surface area contributed by atoms with E-state index in [0.717, 1.165) is 38.0 Å². The van der Waals surface area contributed by atoms with Gasteiger partial charge in [-0.25, -0.2) is 0 Å². The van der Waals surface area contributed by atoms with Crippen LogP contribution in [-0.4, -0.2) is 41.4 Å². The summed E-state index contributed by atoms with van der Waals surface area (Å²) in [4.78, 5) is 2.45. The van der Waals surface area contributed by atoms with Gasteiger partial charge in [0.25, 0.3) is 0 Å². The Balaban J connectivity index is 1.03. The number of hydrogen-bond acceptors (Lipinski definition) is 3. The summed E-state index contributed by atoms with van der Waals surface area (Å²) in [5, 5.41) is 2.60. The summed E-state index contributed by atoms with van der Waals surface area (Å²) in [6, 6.07) is 25.0. The van der Waals surface area contributed by atoms with Gasteiger partial charge in [0.05, 0.1) is 23.2 Å². The van der Waals surface area contributed by atoms with Gasteiger partial charge in [0.15, 0.2) is 0 Å². The summed E-state index contributed by atoms with van der Waals surface area (Å²) in [5.74, 6) is 3.14. The highest BCUT2D eigenvalue weighted by atomic mass is 16.5. The molecule has 1 saturated heterocycles. The predicted molar refractivity (Wildman–Crippen MR) is 221 cm³/mol. The van der Waals surface area contributed by atoms with Gasteiger partial charge in [-0.2, -0.15) is 0 Å². The summed E-state index contributed by atoms with van der Waals surface area (Å²) >= 11 is 0. The average Bonchev–Trinajstić information content (AvgIpc) is 3.55. The molecule has 1 saturated carbocycles. The van der Waals surface area contributed by atoms with E-state index in [1.807, 2.05) is 0 Å². The van der Waals surface area contributed by atoms with Crippen LogP contribution in [0.4, 0.5) is 0 Å². The molecule has 1 aromatic heterocycles. The van der Waals surface area contributed by atoms with Crippen molar-refractivity contribution < 1.29 is 9.47 Å². The Kier molecular flexibility index (Phi) is 7.63. The molecule has 3 aromatic carbocycles. The van der Waals surface area contributed by atoms with E-state index < -0.39 is 0 Å². The van der Waals surface area contributed by atoms with Crippen LogP contribution < -0.4 is 4.74 Å². The van der Waals surface area contributed by atoms with Crippen LogP contribution in [0.2, 0.25) is 0 Å². The van der Waals surface area contributed by atoms with Crippen LogP contribution in [0.25, 0.3) is 33.1 Å². The Labute approximate surface area is 319 Å². The van der Waals surface area contributed by atoms with Gasteiger partial charge < -0.3 is 18.9 Å². The highest BCUT2D eigenvalue weighted by molar-refractivity contribution is 6.11. The van der Waals surface area contributed by atoms with Gasteiger partial charge in [-0.3, -0.25) is 0 Å². The standard InChI is InChI=1S/C50H50N2O2/c1-32-19-26-47-42(28-32)50(41-25-22-35(31-49(41)54-47)43-16-10-11-27-51(43)2)39-15-7-9-18-46(39)53-48-30-34(21-24-40(48)50)33-20-23-38-37-14-6-8-17-44(37)52(45(38)29-33)36-12-4-3-5-13-36/h4,6-21,23-24,26,29-30,32,35,40-42,47-49H,3,5,22,25,27-28,31H2,1-2H3. The van der Waals surface area contributed by atoms with Crippen LogP contribution >= 0.6 is 0 Å². The molecule has 3 aliphatic heterocycles. The molecule has 1 spiro atoms. The number of nitrogens with zero attached hydrogens (tertiary/aromatic N) is 2. The van der Waals surface area contributed by atoms with Crippen molar-refractivity contribution in [1.82, 2.24) is 9.47 Å². The summed E-state index contributed by atoms with van der Waals surface area (Å²) in [6.45, 7) is 3.39. The third-order valence-corrected chi connectivity index (χ3v) is 14.2. The first-order valence-electron chi connectivity index (χ1n) is 20.6. The average molecular weight is 711 g/mol. The molecular weight excluding hydrogens is 661 g/mol.